The van der Waals surface area contributed by atoms with Crippen LogP contribution in [0.5, 0.6) is 0 Å². The molecule has 0 fully saturated rings. The minimum atomic E-state index is -0.551. The van der Waals surface area contributed by atoms with Crippen LogP contribution in [-0.2, 0) is 11.2 Å². The first-order chi connectivity index (χ1) is 8.67. The van der Waals surface area contributed by atoms with Gasteiger partial charge in [-0.1, -0.05) is 13.3 Å². The Balaban J connectivity index is 2.31. The third kappa shape index (κ3) is 4.85. The molecule has 0 aliphatic rings. The van der Waals surface area contributed by atoms with Crippen molar-refractivity contribution in [3.63, 3.8) is 0 Å². The minimum absolute atomic E-state index is 0.224. The van der Waals surface area contributed by atoms with Crippen LogP contribution < -0.4 is 5.32 Å². The molecule has 1 rings (SSSR count). The fourth-order valence-corrected chi connectivity index (χ4v) is 1.59. The number of aromatic nitrogens is 2. The molecule has 0 aliphatic carbocycles. The number of ether oxygens (including phenoxy) is 1. The summed E-state index contributed by atoms with van der Waals surface area (Å²) < 4.78 is 4.80. The highest BCUT2D eigenvalue weighted by Crippen LogP contribution is 2.02. The maximum absolute atomic E-state index is 11.7. The van der Waals surface area contributed by atoms with Gasteiger partial charge in [-0.15, -0.1) is 0 Å². The monoisotopic (exact) mass is 255 g/mol. The van der Waals surface area contributed by atoms with Gasteiger partial charge in [-0.05, 0) is 18.9 Å². The van der Waals surface area contributed by atoms with Gasteiger partial charge >= 0.3 is 0 Å². The molecule has 1 amide bonds. The molecule has 0 radical (unpaired) electrons. The summed E-state index contributed by atoms with van der Waals surface area (Å²) in [6, 6.07) is 1.75. The molecule has 0 aromatic carbocycles. The molecule has 1 atom stereocenters. The van der Waals surface area contributed by atoms with Gasteiger partial charge in [0.15, 0.2) is 0 Å². The molecule has 1 aromatic heterocycles. The first kappa shape index (κ1) is 14.7. The number of aliphatic hydroxyl groups is 1. The smallest absolute Gasteiger partial charge is 0.271 e. The standard InChI is InChI=1S/C12H21N3O3/c1-3-4-9-7-11(15-14-9)12(17)13-6-5-10(16)8-18-2/h7,10,16H,3-6,8H2,1-2H3,(H,13,17)(H,14,15). The highest BCUT2D eigenvalue weighted by Gasteiger charge is 2.10. The van der Waals surface area contributed by atoms with Gasteiger partial charge < -0.3 is 15.2 Å². The predicted molar refractivity (Wildman–Crippen MR) is 67.4 cm³/mol. The van der Waals surface area contributed by atoms with E-state index < -0.39 is 6.10 Å². The molecule has 1 heterocycles. The van der Waals surface area contributed by atoms with Crippen LogP contribution in [-0.4, -0.2) is 47.6 Å². The van der Waals surface area contributed by atoms with Crippen molar-refractivity contribution in [1.29, 1.82) is 0 Å². The average molecular weight is 255 g/mol. The summed E-state index contributed by atoms with van der Waals surface area (Å²) in [6.45, 7) is 2.75. The van der Waals surface area contributed by atoms with Gasteiger partial charge in [-0.3, -0.25) is 9.89 Å². The lowest BCUT2D eigenvalue weighted by molar-refractivity contribution is 0.0587. The Kier molecular flexibility index (Phi) is 6.38. The van der Waals surface area contributed by atoms with Gasteiger partial charge in [0.2, 0.25) is 0 Å². The highest BCUT2D eigenvalue weighted by molar-refractivity contribution is 5.92. The molecule has 0 bridgehead atoms. The molecule has 1 aromatic rings. The Labute approximate surface area is 107 Å². The van der Waals surface area contributed by atoms with E-state index in [0.29, 0.717) is 18.7 Å². The molecule has 1 unspecified atom stereocenters. The molecular weight excluding hydrogens is 234 g/mol. The fourth-order valence-electron chi connectivity index (χ4n) is 1.59. The van der Waals surface area contributed by atoms with Crippen molar-refractivity contribution in [1.82, 2.24) is 15.5 Å². The Morgan fingerprint density at radius 3 is 3.11 bits per heavy atom. The van der Waals surface area contributed by atoms with Crippen LogP contribution in [0.15, 0.2) is 6.07 Å². The maximum Gasteiger partial charge on any atom is 0.271 e. The normalized spacial score (nSPS) is 12.4. The van der Waals surface area contributed by atoms with Gasteiger partial charge in [-0.2, -0.15) is 5.10 Å². The van der Waals surface area contributed by atoms with Crippen LogP contribution in [0, 0.1) is 0 Å². The Bertz CT molecular complexity index is 365. The molecular formula is C12H21N3O3. The number of methoxy groups -OCH3 is 1. The first-order valence-electron chi connectivity index (χ1n) is 6.16. The van der Waals surface area contributed by atoms with Gasteiger partial charge in [0.05, 0.1) is 12.7 Å². The van der Waals surface area contributed by atoms with E-state index in [9.17, 15) is 9.90 Å². The van der Waals surface area contributed by atoms with E-state index >= 15 is 0 Å². The van der Waals surface area contributed by atoms with Crippen molar-refractivity contribution in [3.8, 4) is 0 Å². The molecule has 6 heteroatoms. The third-order valence-corrected chi connectivity index (χ3v) is 2.51. The topological polar surface area (TPSA) is 87.2 Å². The van der Waals surface area contributed by atoms with E-state index in [1.165, 1.54) is 7.11 Å². The third-order valence-electron chi connectivity index (χ3n) is 2.51. The van der Waals surface area contributed by atoms with E-state index in [-0.39, 0.29) is 12.5 Å². The van der Waals surface area contributed by atoms with Crippen molar-refractivity contribution in [2.24, 2.45) is 0 Å². The van der Waals surface area contributed by atoms with Crippen molar-refractivity contribution < 1.29 is 14.6 Å². The van der Waals surface area contributed by atoms with E-state index in [2.05, 4.69) is 22.4 Å². The van der Waals surface area contributed by atoms with Crippen LogP contribution in [0.3, 0.4) is 0 Å². The first-order valence-corrected chi connectivity index (χ1v) is 6.16. The number of nitrogens with one attached hydrogen (secondary N) is 2. The van der Waals surface area contributed by atoms with Crippen molar-refractivity contribution in [2.75, 3.05) is 20.3 Å². The van der Waals surface area contributed by atoms with E-state index in [0.717, 1.165) is 18.5 Å². The number of carbonyl (C=O) groups excluding carboxylic acids is 1. The minimum Gasteiger partial charge on any atom is -0.391 e. The van der Waals surface area contributed by atoms with Crippen LogP contribution in [0.2, 0.25) is 0 Å². The van der Waals surface area contributed by atoms with Crippen molar-refractivity contribution in [3.05, 3.63) is 17.5 Å². The summed E-state index contributed by atoms with van der Waals surface area (Å²) in [4.78, 5) is 11.7. The number of H-pyrrole nitrogens is 1. The summed E-state index contributed by atoms with van der Waals surface area (Å²) >= 11 is 0. The second-order valence-corrected chi connectivity index (χ2v) is 4.18. The highest BCUT2D eigenvalue weighted by atomic mass is 16.5. The molecule has 18 heavy (non-hydrogen) atoms. The van der Waals surface area contributed by atoms with Crippen LogP contribution in [0.1, 0.15) is 35.9 Å². The summed E-state index contributed by atoms with van der Waals surface area (Å²) in [5.41, 5.74) is 1.35. The van der Waals surface area contributed by atoms with E-state index in [1.807, 2.05) is 0 Å². The van der Waals surface area contributed by atoms with Gasteiger partial charge in [-0.25, -0.2) is 0 Å². The van der Waals surface area contributed by atoms with Crippen LogP contribution in [0.4, 0.5) is 0 Å². The zero-order chi connectivity index (χ0) is 13.4. The number of nitrogens with zero attached hydrogens (tertiary/aromatic N) is 1. The Morgan fingerprint density at radius 2 is 2.44 bits per heavy atom. The average Bonchev–Trinajstić information content (AvgIpc) is 2.78. The van der Waals surface area contributed by atoms with E-state index in [4.69, 9.17) is 4.74 Å². The molecule has 3 N–H and O–H groups in total. The summed E-state index contributed by atoms with van der Waals surface area (Å²) in [7, 11) is 1.53. The molecule has 0 saturated carbocycles. The molecule has 6 nitrogen and oxygen atoms in total. The largest absolute Gasteiger partial charge is 0.391 e. The number of carbonyl (C=O) groups is 1. The fraction of sp³-hybridized carbons (Fsp3) is 0.667. The summed E-state index contributed by atoms with van der Waals surface area (Å²) in [5.74, 6) is -0.224. The lowest BCUT2D eigenvalue weighted by Gasteiger charge is -2.09. The number of amides is 1. The lowest BCUT2D eigenvalue weighted by atomic mass is 10.2. The zero-order valence-corrected chi connectivity index (χ0v) is 10.9. The number of aliphatic hydroxyl groups excluding tert-OH is 1. The zero-order valence-electron chi connectivity index (χ0n) is 10.9. The van der Waals surface area contributed by atoms with Crippen LogP contribution in [0.25, 0.3) is 0 Å². The molecule has 0 aliphatic heterocycles. The molecule has 0 spiro atoms. The summed E-state index contributed by atoms with van der Waals surface area (Å²) in [6.07, 6.45) is 1.80. The Hall–Kier alpha value is -1.40. The van der Waals surface area contributed by atoms with Gasteiger partial charge in [0.1, 0.15) is 5.69 Å². The number of hydrogen-bond donors (Lipinski definition) is 3. The molecule has 102 valence electrons. The van der Waals surface area contributed by atoms with Crippen molar-refractivity contribution >= 4 is 5.91 Å². The molecule has 0 saturated heterocycles. The van der Waals surface area contributed by atoms with E-state index in [1.54, 1.807) is 6.07 Å². The maximum atomic E-state index is 11.7. The number of hydrogen-bond acceptors (Lipinski definition) is 4. The Morgan fingerprint density at radius 1 is 1.67 bits per heavy atom. The van der Waals surface area contributed by atoms with Gasteiger partial charge in [0.25, 0.3) is 5.91 Å². The van der Waals surface area contributed by atoms with Crippen LogP contribution >= 0.6 is 0 Å². The number of aryl methyl sites for hydroxylation is 1. The number of rotatable bonds is 8. The predicted octanol–water partition coefficient (Wildman–Crippen LogP) is 0.489. The lowest BCUT2D eigenvalue weighted by Crippen LogP contribution is -2.28. The second-order valence-electron chi connectivity index (χ2n) is 4.18. The summed E-state index contributed by atoms with van der Waals surface area (Å²) in [5, 5.41) is 18.9. The van der Waals surface area contributed by atoms with Crippen molar-refractivity contribution in [2.45, 2.75) is 32.3 Å². The second kappa shape index (κ2) is 7.84. The SMILES string of the molecule is CCCc1cc(C(=O)NCCC(O)COC)n[nH]1. The van der Waals surface area contributed by atoms with Gasteiger partial charge in [0, 0.05) is 19.3 Å². The quantitative estimate of drug-likeness (QED) is 0.631. The number of aromatic amines is 1.